The zero-order chi connectivity index (χ0) is 12.4. The fraction of sp³-hybridized carbons (Fsp3) is 0.231. The van der Waals surface area contributed by atoms with Gasteiger partial charge in [0, 0.05) is 17.6 Å². The van der Waals surface area contributed by atoms with Crippen molar-refractivity contribution in [1.82, 2.24) is 10.3 Å². The van der Waals surface area contributed by atoms with E-state index >= 15 is 0 Å². The molecule has 0 saturated heterocycles. The van der Waals surface area contributed by atoms with Gasteiger partial charge in [0.05, 0.1) is 16.8 Å². The number of carbonyl (C=O) groups excluding carboxylic acids is 1. The van der Waals surface area contributed by atoms with Crippen molar-refractivity contribution in [2.45, 2.75) is 13.8 Å². The van der Waals surface area contributed by atoms with Crippen LogP contribution in [0.5, 0.6) is 0 Å². The van der Waals surface area contributed by atoms with Gasteiger partial charge in [0.1, 0.15) is 0 Å². The van der Waals surface area contributed by atoms with Crippen molar-refractivity contribution in [2.75, 3.05) is 12.3 Å². The van der Waals surface area contributed by atoms with Gasteiger partial charge >= 0.3 is 0 Å². The smallest absolute Gasteiger partial charge is 0.252 e. The Bertz CT molecular complexity index is 578. The van der Waals surface area contributed by atoms with Crippen molar-refractivity contribution in [3.8, 4) is 0 Å². The zero-order valence-corrected chi connectivity index (χ0v) is 9.95. The van der Waals surface area contributed by atoms with E-state index in [1.807, 2.05) is 26.0 Å². The number of nitrogens with zero attached hydrogens (tertiary/aromatic N) is 1. The molecule has 1 aromatic heterocycles. The van der Waals surface area contributed by atoms with Crippen molar-refractivity contribution in [3.63, 3.8) is 0 Å². The number of hydrogen-bond donors (Lipinski definition) is 2. The summed E-state index contributed by atoms with van der Waals surface area (Å²) in [6.07, 6.45) is 0. The van der Waals surface area contributed by atoms with Gasteiger partial charge in [0.15, 0.2) is 0 Å². The van der Waals surface area contributed by atoms with Crippen molar-refractivity contribution >= 4 is 22.5 Å². The summed E-state index contributed by atoms with van der Waals surface area (Å²) in [6.45, 7) is 4.35. The summed E-state index contributed by atoms with van der Waals surface area (Å²) in [4.78, 5) is 16.3. The minimum atomic E-state index is -0.0893. The van der Waals surface area contributed by atoms with Crippen LogP contribution in [0.25, 0.3) is 10.9 Å². The first-order valence-corrected chi connectivity index (χ1v) is 5.57. The average molecular weight is 229 g/mol. The third-order valence-electron chi connectivity index (χ3n) is 2.58. The summed E-state index contributed by atoms with van der Waals surface area (Å²) in [5.74, 6) is -0.0893. The number of hydrogen-bond acceptors (Lipinski definition) is 3. The Balaban J connectivity index is 2.70. The van der Waals surface area contributed by atoms with Crippen LogP contribution in [0.2, 0.25) is 0 Å². The van der Waals surface area contributed by atoms with Gasteiger partial charge in [-0.2, -0.15) is 0 Å². The van der Waals surface area contributed by atoms with E-state index in [2.05, 4.69) is 10.3 Å². The van der Waals surface area contributed by atoms with Crippen LogP contribution in [0.15, 0.2) is 24.3 Å². The molecule has 1 heterocycles. The van der Waals surface area contributed by atoms with E-state index in [1.165, 1.54) is 0 Å². The van der Waals surface area contributed by atoms with Crippen LogP contribution < -0.4 is 11.1 Å². The summed E-state index contributed by atoms with van der Waals surface area (Å²) in [5.41, 5.74) is 8.57. The predicted molar refractivity (Wildman–Crippen MR) is 68.9 cm³/mol. The third-order valence-corrected chi connectivity index (χ3v) is 2.58. The molecule has 88 valence electrons. The molecule has 0 aliphatic carbocycles. The number of rotatable bonds is 2. The number of fused-ring (bicyclic) bond motifs is 1. The molecular weight excluding hydrogens is 214 g/mol. The first-order valence-electron chi connectivity index (χ1n) is 5.57. The summed E-state index contributed by atoms with van der Waals surface area (Å²) in [6, 6.07) is 7.27. The lowest BCUT2D eigenvalue weighted by Gasteiger charge is -2.09. The Kier molecular flexibility index (Phi) is 2.95. The molecule has 1 aromatic carbocycles. The molecule has 4 heteroatoms. The molecule has 0 bridgehead atoms. The quantitative estimate of drug-likeness (QED) is 0.772. The van der Waals surface area contributed by atoms with E-state index in [1.54, 1.807) is 12.1 Å². The largest absolute Gasteiger partial charge is 0.397 e. The van der Waals surface area contributed by atoms with Crippen molar-refractivity contribution in [2.24, 2.45) is 0 Å². The molecule has 2 rings (SSSR count). The van der Waals surface area contributed by atoms with Crippen LogP contribution in [0.4, 0.5) is 5.69 Å². The van der Waals surface area contributed by atoms with Crippen LogP contribution in [0, 0.1) is 6.92 Å². The van der Waals surface area contributed by atoms with E-state index in [9.17, 15) is 4.79 Å². The third kappa shape index (κ3) is 2.06. The molecule has 0 spiro atoms. The number of pyridine rings is 1. The monoisotopic (exact) mass is 229 g/mol. The first kappa shape index (κ1) is 11.4. The minimum absolute atomic E-state index is 0.0893. The standard InChI is InChI=1S/C13H15N3O/c1-3-15-13(17)10-7-8(2)16-12-9(10)5-4-6-11(12)14/h4-7H,3,14H2,1-2H3,(H,15,17). The van der Waals surface area contributed by atoms with E-state index < -0.39 is 0 Å². The number of carbonyl (C=O) groups is 1. The van der Waals surface area contributed by atoms with Crippen molar-refractivity contribution in [1.29, 1.82) is 0 Å². The molecule has 1 amide bonds. The maximum absolute atomic E-state index is 11.9. The molecule has 3 N–H and O–H groups in total. The van der Waals surface area contributed by atoms with Crippen LogP contribution in [0.1, 0.15) is 23.0 Å². The number of aromatic nitrogens is 1. The predicted octanol–water partition coefficient (Wildman–Crippen LogP) is 1.88. The highest BCUT2D eigenvalue weighted by Gasteiger charge is 2.12. The van der Waals surface area contributed by atoms with Crippen LogP contribution in [-0.2, 0) is 0 Å². The van der Waals surface area contributed by atoms with Crippen LogP contribution in [0.3, 0.4) is 0 Å². The van der Waals surface area contributed by atoms with Crippen molar-refractivity contribution < 1.29 is 4.79 Å². The molecule has 17 heavy (non-hydrogen) atoms. The Hall–Kier alpha value is -2.10. The lowest BCUT2D eigenvalue weighted by Crippen LogP contribution is -2.23. The molecule has 2 aromatic rings. The van der Waals surface area contributed by atoms with E-state index in [0.717, 1.165) is 11.1 Å². The van der Waals surface area contributed by atoms with E-state index in [-0.39, 0.29) is 5.91 Å². The van der Waals surface area contributed by atoms with Gasteiger partial charge in [-0.3, -0.25) is 9.78 Å². The SMILES string of the molecule is CCNC(=O)c1cc(C)nc2c(N)cccc12. The normalized spacial score (nSPS) is 10.5. The lowest BCUT2D eigenvalue weighted by molar-refractivity contribution is 0.0957. The maximum Gasteiger partial charge on any atom is 0.252 e. The molecular formula is C13H15N3O. The zero-order valence-electron chi connectivity index (χ0n) is 9.95. The van der Waals surface area contributed by atoms with Gasteiger partial charge in [-0.05, 0) is 26.0 Å². The van der Waals surface area contributed by atoms with Crippen LogP contribution >= 0.6 is 0 Å². The molecule has 0 atom stereocenters. The second-order valence-corrected chi connectivity index (χ2v) is 3.91. The summed E-state index contributed by atoms with van der Waals surface area (Å²) < 4.78 is 0. The molecule has 0 aliphatic heterocycles. The van der Waals surface area contributed by atoms with Crippen LogP contribution in [-0.4, -0.2) is 17.4 Å². The Morgan fingerprint density at radius 2 is 2.24 bits per heavy atom. The Morgan fingerprint density at radius 1 is 1.47 bits per heavy atom. The first-order chi connectivity index (χ1) is 8.13. The average Bonchev–Trinajstić information content (AvgIpc) is 2.30. The summed E-state index contributed by atoms with van der Waals surface area (Å²) in [5, 5.41) is 3.59. The molecule has 0 aliphatic rings. The number of amides is 1. The second kappa shape index (κ2) is 4.41. The lowest BCUT2D eigenvalue weighted by atomic mass is 10.1. The molecule has 0 unspecified atom stereocenters. The maximum atomic E-state index is 11.9. The highest BCUT2D eigenvalue weighted by molar-refractivity contribution is 6.08. The van der Waals surface area contributed by atoms with Crippen molar-refractivity contribution in [3.05, 3.63) is 35.5 Å². The van der Waals surface area contributed by atoms with Gasteiger partial charge in [-0.1, -0.05) is 12.1 Å². The number of para-hydroxylation sites is 1. The number of aryl methyl sites for hydroxylation is 1. The molecule has 0 fully saturated rings. The number of anilines is 1. The van der Waals surface area contributed by atoms with E-state index in [0.29, 0.717) is 23.3 Å². The minimum Gasteiger partial charge on any atom is -0.397 e. The Labute approximate surface area is 99.8 Å². The number of nitrogens with one attached hydrogen (secondary N) is 1. The number of nitrogen functional groups attached to an aromatic ring is 1. The molecule has 0 radical (unpaired) electrons. The van der Waals surface area contributed by atoms with Gasteiger partial charge in [-0.25, -0.2) is 0 Å². The van der Waals surface area contributed by atoms with Gasteiger partial charge in [0.2, 0.25) is 0 Å². The summed E-state index contributed by atoms with van der Waals surface area (Å²) in [7, 11) is 0. The number of benzene rings is 1. The molecule has 4 nitrogen and oxygen atoms in total. The van der Waals surface area contributed by atoms with E-state index in [4.69, 9.17) is 5.73 Å². The summed E-state index contributed by atoms with van der Waals surface area (Å²) >= 11 is 0. The molecule has 0 saturated carbocycles. The van der Waals surface area contributed by atoms with Gasteiger partial charge in [0.25, 0.3) is 5.91 Å². The van der Waals surface area contributed by atoms with Gasteiger partial charge < -0.3 is 11.1 Å². The second-order valence-electron chi connectivity index (χ2n) is 3.91. The Morgan fingerprint density at radius 3 is 2.94 bits per heavy atom. The highest BCUT2D eigenvalue weighted by Crippen LogP contribution is 2.23. The fourth-order valence-electron chi connectivity index (χ4n) is 1.84. The fourth-order valence-corrected chi connectivity index (χ4v) is 1.84. The van der Waals surface area contributed by atoms with Gasteiger partial charge in [-0.15, -0.1) is 0 Å². The highest BCUT2D eigenvalue weighted by atomic mass is 16.1. The number of nitrogens with two attached hydrogens (primary N) is 1. The topological polar surface area (TPSA) is 68.0 Å².